The molecule has 0 bridgehead atoms. The summed E-state index contributed by atoms with van der Waals surface area (Å²) in [5.74, 6) is -0.323. The van der Waals surface area contributed by atoms with Crippen LogP contribution in [0.4, 0.5) is 4.39 Å². The number of nitrogens with one attached hydrogen (secondary N) is 1. The molecule has 0 fully saturated rings. The van der Waals surface area contributed by atoms with Gasteiger partial charge in [0.2, 0.25) is 0 Å². The van der Waals surface area contributed by atoms with Gasteiger partial charge >= 0.3 is 0 Å². The highest BCUT2D eigenvalue weighted by Crippen LogP contribution is 2.23. The molecule has 1 amide bonds. The van der Waals surface area contributed by atoms with Crippen molar-refractivity contribution in [3.8, 4) is 5.69 Å². The first kappa shape index (κ1) is 18.8. The number of hydrogen-bond acceptors (Lipinski definition) is 2. The number of benzene rings is 2. The van der Waals surface area contributed by atoms with Crippen molar-refractivity contribution in [2.24, 2.45) is 0 Å². The Bertz CT molecular complexity index is 886. The van der Waals surface area contributed by atoms with Crippen LogP contribution in [-0.4, -0.2) is 22.2 Å². The predicted molar refractivity (Wildman–Crippen MR) is 105 cm³/mol. The Balaban J connectivity index is 1.68. The van der Waals surface area contributed by atoms with Crippen molar-refractivity contribution >= 4 is 5.91 Å². The molecule has 0 aliphatic rings. The zero-order valence-corrected chi connectivity index (χ0v) is 15.7. The molecular weight excluding hydrogens is 341 g/mol. The molecule has 0 aliphatic carbocycles. The fourth-order valence-electron chi connectivity index (χ4n) is 3.11. The van der Waals surface area contributed by atoms with Gasteiger partial charge in [0, 0.05) is 6.54 Å². The molecular formula is C22H24FN3O. The van der Waals surface area contributed by atoms with Crippen LogP contribution in [0.2, 0.25) is 0 Å². The minimum Gasteiger partial charge on any atom is -0.352 e. The lowest BCUT2D eigenvalue weighted by molar-refractivity contribution is 0.0952. The molecule has 1 N–H and O–H groups in total. The summed E-state index contributed by atoms with van der Waals surface area (Å²) >= 11 is 0. The second-order valence-electron chi connectivity index (χ2n) is 6.83. The highest BCUT2D eigenvalue weighted by molar-refractivity contribution is 5.95. The monoisotopic (exact) mass is 365 g/mol. The van der Waals surface area contributed by atoms with Gasteiger partial charge < -0.3 is 5.32 Å². The third-order valence-electron chi connectivity index (χ3n) is 4.44. The summed E-state index contributed by atoms with van der Waals surface area (Å²) in [7, 11) is 0. The third-order valence-corrected chi connectivity index (χ3v) is 4.44. The van der Waals surface area contributed by atoms with Crippen LogP contribution in [0.15, 0.2) is 60.8 Å². The van der Waals surface area contributed by atoms with Crippen molar-refractivity contribution in [2.45, 2.75) is 32.6 Å². The minimum absolute atomic E-state index is 0.0996. The van der Waals surface area contributed by atoms with Crippen LogP contribution in [0, 0.1) is 5.82 Å². The Hall–Kier alpha value is -2.95. The summed E-state index contributed by atoms with van der Waals surface area (Å²) < 4.78 is 14.9. The Kier molecular flexibility index (Phi) is 6.01. The number of hydrogen-bond donors (Lipinski definition) is 1. The molecule has 0 atom stereocenters. The van der Waals surface area contributed by atoms with E-state index >= 15 is 0 Å². The zero-order valence-electron chi connectivity index (χ0n) is 15.7. The molecule has 0 unspecified atom stereocenters. The van der Waals surface area contributed by atoms with Gasteiger partial charge in [-0.05, 0) is 48.6 Å². The summed E-state index contributed by atoms with van der Waals surface area (Å²) in [6.07, 6.45) is 3.39. The van der Waals surface area contributed by atoms with E-state index in [4.69, 9.17) is 0 Å². The highest BCUT2D eigenvalue weighted by Gasteiger charge is 2.20. The lowest BCUT2D eigenvalue weighted by Gasteiger charge is -2.13. The first-order valence-electron chi connectivity index (χ1n) is 9.22. The molecule has 5 heteroatoms. The summed E-state index contributed by atoms with van der Waals surface area (Å²) in [4.78, 5) is 12.7. The number of rotatable bonds is 7. The number of aryl methyl sites for hydroxylation is 1. The standard InChI is InChI=1S/C22H24FN3O/c1-16(2)21-20(15-25-26(21)19-12-10-18(23)11-13-19)22(27)24-14-6-9-17-7-4-3-5-8-17/h3-5,7-8,10-13,15-16H,6,9,14H2,1-2H3,(H,24,27). The molecule has 0 aliphatic heterocycles. The molecule has 1 aromatic heterocycles. The van der Waals surface area contributed by atoms with Gasteiger partial charge in [-0.15, -0.1) is 0 Å². The predicted octanol–water partition coefficient (Wildman–Crippen LogP) is 4.50. The number of aromatic nitrogens is 2. The first-order chi connectivity index (χ1) is 13.1. The SMILES string of the molecule is CC(C)c1c(C(=O)NCCCc2ccccc2)cnn1-c1ccc(F)cc1. The number of nitrogens with zero attached hydrogens (tertiary/aromatic N) is 2. The molecule has 0 saturated heterocycles. The average molecular weight is 365 g/mol. The maximum absolute atomic E-state index is 13.2. The van der Waals surface area contributed by atoms with Crippen molar-refractivity contribution in [1.82, 2.24) is 15.1 Å². The summed E-state index contributed by atoms with van der Waals surface area (Å²) in [5, 5.41) is 7.35. The fourth-order valence-corrected chi connectivity index (χ4v) is 3.11. The van der Waals surface area contributed by atoms with Gasteiger partial charge in [0.25, 0.3) is 5.91 Å². The second kappa shape index (κ2) is 8.62. The third kappa shape index (κ3) is 4.61. The summed E-state index contributed by atoms with van der Waals surface area (Å²) in [5.41, 5.74) is 3.39. The lowest BCUT2D eigenvalue weighted by atomic mass is 10.0. The van der Waals surface area contributed by atoms with Crippen LogP contribution >= 0.6 is 0 Å². The van der Waals surface area contributed by atoms with E-state index in [-0.39, 0.29) is 17.6 Å². The first-order valence-corrected chi connectivity index (χ1v) is 9.22. The van der Waals surface area contributed by atoms with E-state index < -0.39 is 0 Å². The van der Waals surface area contributed by atoms with Crippen LogP contribution in [0.25, 0.3) is 5.69 Å². The maximum Gasteiger partial charge on any atom is 0.254 e. The van der Waals surface area contributed by atoms with Gasteiger partial charge in [-0.25, -0.2) is 9.07 Å². The molecule has 3 aromatic rings. The number of carbonyl (C=O) groups is 1. The Morgan fingerprint density at radius 3 is 2.48 bits per heavy atom. The summed E-state index contributed by atoms with van der Waals surface area (Å²) in [6.45, 7) is 4.64. The zero-order chi connectivity index (χ0) is 19.2. The average Bonchev–Trinajstić information content (AvgIpc) is 3.12. The lowest BCUT2D eigenvalue weighted by Crippen LogP contribution is -2.26. The van der Waals surface area contributed by atoms with Crippen LogP contribution in [0.1, 0.15) is 47.8 Å². The molecule has 2 aromatic carbocycles. The molecule has 4 nitrogen and oxygen atoms in total. The normalized spacial score (nSPS) is 11.0. The van der Waals surface area contributed by atoms with Crippen LogP contribution in [0.3, 0.4) is 0 Å². The fraction of sp³-hybridized carbons (Fsp3) is 0.273. The van der Waals surface area contributed by atoms with Crippen molar-refractivity contribution < 1.29 is 9.18 Å². The topological polar surface area (TPSA) is 46.9 Å². The molecule has 0 spiro atoms. The quantitative estimate of drug-likeness (QED) is 0.627. The Morgan fingerprint density at radius 1 is 1.11 bits per heavy atom. The molecule has 0 radical (unpaired) electrons. The molecule has 140 valence electrons. The number of halogens is 1. The van der Waals surface area contributed by atoms with E-state index in [1.165, 1.54) is 17.7 Å². The van der Waals surface area contributed by atoms with Crippen molar-refractivity contribution in [3.63, 3.8) is 0 Å². The van der Waals surface area contributed by atoms with Crippen LogP contribution in [-0.2, 0) is 6.42 Å². The van der Waals surface area contributed by atoms with E-state index in [9.17, 15) is 9.18 Å². The van der Waals surface area contributed by atoms with Gasteiger partial charge in [0.1, 0.15) is 5.82 Å². The Morgan fingerprint density at radius 2 is 1.81 bits per heavy atom. The molecule has 3 rings (SSSR count). The van der Waals surface area contributed by atoms with Gasteiger partial charge in [0.05, 0.1) is 23.1 Å². The Labute approximate surface area is 159 Å². The van der Waals surface area contributed by atoms with Gasteiger partial charge in [-0.3, -0.25) is 4.79 Å². The van der Waals surface area contributed by atoms with Crippen molar-refractivity contribution in [1.29, 1.82) is 0 Å². The molecule has 0 saturated carbocycles. The van der Waals surface area contributed by atoms with Crippen LogP contribution < -0.4 is 5.32 Å². The summed E-state index contributed by atoms with van der Waals surface area (Å²) in [6, 6.07) is 16.3. The van der Waals surface area contributed by atoms with E-state index in [1.54, 1.807) is 23.0 Å². The van der Waals surface area contributed by atoms with Crippen molar-refractivity contribution in [2.75, 3.05) is 6.54 Å². The van der Waals surface area contributed by atoms with E-state index in [2.05, 4.69) is 22.5 Å². The van der Waals surface area contributed by atoms with Crippen LogP contribution in [0.5, 0.6) is 0 Å². The maximum atomic E-state index is 13.2. The minimum atomic E-state index is -0.298. The van der Waals surface area contributed by atoms with E-state index in [1.807, 2.05) is 32.0 Å². The molecule has 27 heavy (non-hydrogen) atoms. The van der Waals surface area contributed by atoms with E-state index in [0.717, 1.165) is 24.2 Å². The molecule has 1 heterocycles. The van der Waals surface area contributed by atoms with E-state index in [0.29, 0.717) is 12.1 Å². The van der Waals surface area contributed by atoms with Gasteiger partial charge in [-0.2, -0.15) is 5.10 Å². The highest BCUT2D eigenvalue weighted by atomic mass is 19.1. The number of carbonyl (C=O) groups excluding carboxylic acids is 1. The van der Waals surface area contributed by atoms with Gasteiger partial charge in [0.15, 0.2) is 0 Å². The van der Waals surface area contributed by atoms with Crippen molar-refractivity contribution in [3.05, 3.63) is 83.4 Å². The number of amides is 1. The second-order valence-corrected chi connectivity index (χ2v) is 6.83. The smallest absolute Gasteiger partial charge is 0.254 e. The van der Waals surface area contributed by atoms with Gasteiger partial charge in [-0.1, -0.05) is 44.2 Å². The largest absolute Gasteiger partial charge is 0.352 e.